The van der Waals surface area contributed by atoms with Crippen molar-refractivity contribution < 1.29 is 9.53 Å². The number of benzene rings is 1. The van der Waals surface area contributed by atoms with Crippen LogP contribution in [-0.4, -0.2) is 17.1 Å². The number of hydrogen-bond donors (Lipinski definition) is 0. The molecular formula is C14H17NO3S. The minimum atomic E-state index is -0.240. The third-order valence-electron chi connectivity index (χ3n) is 2.87. The molecule has 19 heavy (non-hydrogen) atoms. The van der Waals surface area contributed by atoms with E-state index >= 15 is 0 Å². The van der Waals surface area contributed by atoms with Crippen LogP contribution in [0.1, 0.15) is 26.2 Å². The molecule has 0 atom stereocenters. The van der Waals surface area contributed by atoms with Crippen molar-refractivity contribution in [2.75, 3.05) is 6.61 Å². The van der Waals surface area contributed by atoms with E-state index in [1.54, 1.807) is 4.57 Å². The zero-order valence-corrected chi connectivity index (χ0v) is 11.7. The van der Waals surface area contributed by atoms with Crippen molar-refractivity contribution in [1.82, 2.24) is 4.57 Å². The number of para-hydroxylation sites is 1. The second-order valence-electron chi connectivity index (χ2n) is 4.31. The number of carbonyl (C=O) groups is 1. The van der Waals surface area contributed by atoms with Crippen LogP contribution in [0.5, 0.6) is 0 Å². The number of hydrogen-bond acceptors (Lipinski definition) is 4. The molecule has 0 aliphatic heterocycles. The number of thiazole rings is 1. The van der Waals surface area contributed by atoms with Gasteiger partial charge < -0.3 is 4.74 Å². The van der Waals surface area contributed by atoms with Crippen LogP contribution in [-0.2, 0) is 16.1 Å². The van der Waals surface area contributed by atoms with Gasteiger partial charge in [0.1, 0.15) is 0 Å². The molecule has 102 valence electrons. The monoisotopic (exact) mass is 279 g/mol. The van der Waals surface area contributed by atoms with Crippen molar-refractivity contribution in [1.29, 1.82) is 0 Å². The number of carbonyl (C=O) groups excluding carboxylic acids is 1. The quantitative estimate of drug-likeness (QED) is 0.603. The highest BCUT2D eigenvalue weighted by Crippen LogP contribution is 2.16. The van der Waals surface area contributed by atoms with Crippen LogP contribution in [0.3, 0.4) is 0 Å². The molecule has 0 amide bonds. The number of aromatic nitrogens is 1. The summed E-state index contributed by atoms with van der Waals surface area (Å²) in [6.07, 6.45) is 2.12. The molecule has 1 aromatic carbocycles. The van der Waals surface area contributed by atoms with Gasteiger partial charge in [-0.25, -0.2) is 0 Å². The highest BCUT2D eigenvalue weighted by Gasteiger charge is 2.09. The van der Waals surface area contributed by atoms with E-state index in [-0.39, 0.29) is 17.3 Å². The van der Waals surface area contributed by atoms with Crippen LogP contribution in [0.2, 0.25) is 0 Å². The van der Waals surface area contributed by atoms with Crippen molar-refractivity contribution >= 4 is 27.5 Å². The maximum atomic E-state index is 11.8. The molecule has 2 aromatic rings. The van der Waals surface area contributed by atoms with Gasteiger partial charge >= 0.3 is 10.8 Å². The lowest BCUT2D eigenvalue weighted by atomic mass is 10.3. The van der Waals surface area contributed by atoms with Gasteiger partial charge in [-0.05, 0) is 18.6 Å². The van der Waals surface area contributed by atoms with Crippen molar-refractivity contribution in [2.45, 2.75) is 32.7 Å². The Morgan fingerprint density at radius 1 is 1.37 bits per heavy atom. The third-order valence-corrected chi connectivity index (χ3v) is 3.83. The van der Waals surface area contributed by atoms with Crippen LogP contribution in [0.25, 0.3) is 10.2 Å². The van der Waals surface area contributed by atoms with E-state index in [2.05, 4.69) is 0 Å². The van der Waals surface area contributed by atoms with Gasteiger partial charge in [-0.3, -0.25) is 14.2 Å². The minimum Gasteiger partial charge on any atom is -0.466 e. The summed E-state index contributed by atoms with van der Waals surface area (Å²) >= 11 is 1.21. The second-order valence-corrected chi connectivity index (χ2v) is 5.30. The van der Waals surface area contributed by atoms with Gasteiger partial charge in [0.05, 0.1) is 23.2 Å². The predicted molar refractivity (Wildman–Crippen MR) is 76.6 cm³/mol. The number of unbranched alkanes of at least 4 members (excludes halogenated alkanes) is 1. The highest BCUT2D eigenvalue weighted by molar-refractivity contribution is 7.16. The van der Waals surface area contributed by atoms with Crippen molar-refractivity contribution in [3.63, 3.8) is 0 Å². The largest absolute Gasteiger partial charge is 0.466 e. The molecule has 0 N–H and O–H groups in total. The molecule has 2 rings (SSSR count). The van der Waals surface area contributed by atoms with Crippen LogP contribution >= 0.6 is 11.3 Å². The lowest BCUT2D eigenvalue weighted by molar-refractivity contribution is -0.144. The molecule has 0 aliphatic carbocycles. The van der Waals surface area contributed by atoms with E-state index in [0.29, 0.717) is 13.2 Å². The average molecular weight is 279 g/mol. The highest BCUT2D eigenvalue weighted by atomic mass is 32.1. The molecule has 0 saturated carbocycles. The summed E-state index contributed by atoms with van der Waals surface area (Å²) in [4.78, 5) is 23.3. The van der Waals surface area contributed by atoms with E-state index < -0.39 is 0 Å². The third kappa shape index (κ3) is 3.44. The van der Waals surface area contributed by atoms with E-state index in [1.807, 2.05) is 31.2 Å². The number of fused-ring (bicyclic) bond motifs is 1. The molecule has 5 heteroatoms. The van der Waals surface area contributed by atoms with Crippen molar-refractivity contribution in [2.24, 2.45) is 0 Å². The summed E-state index contributed by atoms with van der Waals surface area (Å²) in [6.45, 7) is 2.90. The van der Waals surface area contributed by atoms with Gasteiger partial charge in [0.25, 0.3) is 0 Å². The zero-order chi connectivity index (χ0) is 13.7. The molecule has 0 bridgehead atoms. The standard InChI is InChI=1S/C14H17NO3S/c1-2-3-10-18-13(16)8-9-15-11-6-4-5-7-12(11)19-14(15)17/h4-7H,2-3,8-10H2,1H3. The topological polar surface area (TPSA) is 48.3 Å². The second kappa shape index (κ2) is 6.52. The SMILES string of the molecule is CCCCOC(=O)CCn1c(=O)sc2ccccc21. The molecule has 1 heterocycles. The molecule has 0 saturated heterocycles. The first-order valence-electron chi connectivity index (χ1n) is 6.46. The fourth-order valence-corrected chi connectivity index (χ4v) is 2.75. The smallest absolute Gasteiger partial charge is 0.308 e. The van der Waals surface area contributed by atoms with Crippen LogP contribution in [0.15, 0.2) is 29.1 Å². The maximum absolute atomic E-state index is 11.8. The van der Waals surface area contributed by atoms with E-state index in [4.69, 9.17) is 4.74 Å². The lowest BCUT2D eigenvalue weighted by Crippen LogP contribution is -2.16. The first kappa shape index (κ1) is 13.8. The molecular weight excluding hydrogens is 262 g/mol. The molecule has 0 spiro atoms. The van der Waals surface area contributed by atoms with E-state index in [1.165, 1.54) is 11.3 Å². The molecule has 0 radical (unpaired) electrons. The Morgan fingerprint density at radius 3 is 2.95 bits per heavy atom. The average Bonchev–Trinajstić information content (AvgIpc) is 2.72. The van der Waals surface area contributed by atoms with E-state index in [0.717, 1.165) is 23.1 Å². The minimum absolute atomic E-state index is 0.0254. The van der Waals surface area contributed by atoms with Crippen LogP contribution in [0.4, 0.5) is 0 Å². The zero-order valence-electron chi connectivity index (χ0n) is 10.9. The number of nitrogens with zero attached hydrogens (tertiary/aromatic N) is 1. The van der Waals surface area contributed by atoms with Gasteiger partial charge in [-0.15, -0.1) is 0 Å². The van der Waals surface area contributed by atoms with Crippen LogP contribution in [0, 0.1) is 0 Å². The number of ether oxygens (including phenoxy) is 1. The Labute approximate surface area is 115 Å². The summed E-state index contributed by atoms with van der Waals surface area (Å²) in [5, 5.41) is 0. The van der Waals surface area contributed by atoms with Gasteiger partial charge in [0, 0.05) is 6.54 Å². The van der Waals surface area contributed by atoms with Gasteiger partial charge in [-0.2, -0.15) is 0 Å². The number of esters is 1. The predicted octanol–water partition coefficient (Wildman–Crippen LogP) is 2.80. The Hall–Kier alpha value is -1.62. The summed E-state index contributed by atoms with van der Waals surface area (Å²) in [5.41, 5.74) is 0.888. The summed E-state index contributed by atoms with van der Waals surface area (Å²) in [6, 6.07) is 7.61. The van der Waals surface area contributed by atoms with Gasteiger partial charge in [-0.1, -0.05) is 36.8 Å². The summed E-state index contributed by atoms with van der Waals surface area (Å²) in [7, 11) is 0. The van der Waals surface area contributed by atoms with Crippen molar-refractivity contribution in [3.05, 3.63) is 33.9 Å². The molecule has 0 aliphatic rings. The fraction of sp³-hybridized carbons (Fsp3) is 0.429. The molecule has 0 fully saturated rings. The molecule has 4 nitrogen and oxygen atoms in total. The normalized spacial score (nSPS) is 10.8. The first-order chi connectivity index (χ1) is 9.22. The molecule has 1 aromatic heterocycles. The lowest BCUT2D eigenvalue weighted by Gasteiger charge is -2.05. The first-order valence-corrected chi connectivity index (χ1v) is 7.28. The Balaban J connectivity index is 2.00. The maximum Gasteiger partial charge on any atom is 0.308 e. The molecule has 0 unspecified atom stereocenters. The Morgan fingerprint density at radius 2 is 2.16 bits per heavy atom. The van der Waals surface area contributed by atoms with E-state index in [9.17, 15) is 9.59 Å². The fourth-order valence-electron chi connectivity index (χ4n) is 1.83. The van der Waals surface area contributed by atoms with Crippen LogP contribution < -0.4 is 4.87 Å². The Kier molecular flexibility index (Phi) is 4.74. The number of aryl methyl sites for hydroxylation is 1. The van der Waals surface area contributed by atoms with Gasteiger partial charge in [0.15, 0.2) is 0 Å². The number of rotatable bonds is 6. The Bertz CT molecular complexity index is 614. The summed E-state index contributed by atoms with van der Waals surface area (Å²) < 4.78 is 7.67. The summed E-state index contributed by atoms with van der Waals surface area (Å²) in [5.74, 6) is -0.240. The van der Waals surface area contributed by atoms with Gasteiger partial charge in [0.2, 0.25) is 0 Å². The van der Waals surface area contributed by atoms with Crippen molar-refractivity contribution in [3.8, 4) is 0 Å².